The Hall–Kier alpha value is -0.570. The molecule has 5 N–H and O–H groups in total. The van der Waals surface area contributed by atoms with Crippen molar-refractivity contribution in [2.45, 2.75) is 96.2 Å². The SMILES string of the molecule is CCC1C2NCC3NC([C@@H](C)CC)C4NCC5NCC6NCC(C)(OCC2(C)C)C56C(=O)C314. The van der Waals surface area contributed by atoms with E-state index in [1.165, 1.54) is 0 Å². The highest BCUT2D eigenvalue weighted by atomic mass is 16.5. The summed E-state index contributed by atoms with van der Waals surface area (Å²) in [4.78, 5) is 15.6. The summed E-state index contributed by atoms with van der Waals surface area (Å²) in [6.07, 6.45) is 2.11. The highest BCUT2D eigenvalue weighted by molar-refractivity contribution is 5.97. The van der Waals surface area contributed by atoms with E-state index >= 15 is 4.79 Å². The molecule has 0 amide bonds. The first-order valence-corrected chi connectivity index (χ1v) is 13.6. The Labute approximate surface area is 199 Å². The third-order valence-electron chi connectivity index (χ3n) is 11.2. The van der Waals surface area contributed by atoms with Crippen molar-refractivity contribution in [2.75, 3.05) is 32.8 Å². The Balaban J connectivity index is 1.64. The summed E-state index contributed by atoms with van der Waals surface area (Å²) in [7, 11) is 0. The van der Waals surface area contributed by atoms with Crippen molar-refractivity contribution in [1.82, 2.24) is 26.6 Å². The van der Waals surface area contributed by atoms with E-state index in [2.05, 4.69) is 68.1 Å². The number of ketones is 1. The molecule has 6 heterocycles. The van der Waals surface area contributed by atoms with Gasteiger partial charge in [-0.25, -0.2) is 0 Å². The Morgan fingerprint density at radius 2 is 1.64 bits per heavy atom. The van der Waals surface area contributed by atoms with E-state index in [0.29, 0.717) is 24.3 Å². The van der Waals surface area contributed by atoms with Gasteiger partial charge in [0.15, 0.2) is 5.78 Å². The van der Waals surface area contributed by atoms with Gasteiger partial charge in [0.05, 0.1) is 23.0 Å². The fourth-order valence-corrected chi connectivity index (χ4v) is 9.52. The minimum atomic E-state index is -0.547. The van der Waals surface area contributed by atoms with Crippen LogP contribution in [-0.4, -0.2) is 80.4 Å². The van der Waals surface area contributed by atoms with E-state index in [-0.39, 0.29) is 41.5 Å². The first-order chi connectivity index (χ1) is 15.7. The number of carbonyl (C=O) groups excluding carboxylic acids is 1. The molecular formula is C26H45N5O2. The van der Waals surface area contributed by atoms with Crippen LogP contribution in [0.25, 0.3) is 0 Å². The van der Waals surface area contributed by atoms with Gasteiger partial charge in [-0.2, -0.15) is 0 Å². The summed E-state index contributed by atoms with van der Waals surface area (Å²) in [6.45, 7) is 17.8. The molecule has 6 rings (SSSR count). The zero-order chi connectivity index (χ0) is 23.4. The van der Waals surface area contributed by atoms with Gasteiger partial charge in [-0.05, 0) is 18.8 Å². The third kappa shape index (κ3) is 2.50. The van der Waals surface area contributed by atoms with Gasteiger partial charge in [0.1, 0.15) is 0 Å². The second-order valence-corrected chi connectivity index (χ2v) is 13.0. The molecule has 6 aliphatic rings. The number of nitrogens with one attached hydrogen (secondary N) is 5. The zero-order valence-corrected chi connectivity index (χ0v) is 21.4. The van der Waals surface area contributed by atoms with E-state index in [1.807, 2.05) is 0 Å². The summed E-state index contributed by atoms with van der Waals surface area (Å²) >= 11 is 0. The van der Waals surface area contributed by atoms with Gasteiger partial charge in [-0.1, -0.05) is 47.5 Å². The molecule has 0 aromatic heterocycles. The van der Waals surface area contributed by atoms with Crippen molar-refractivity contribution in [3.05, 3.63) is 0 Å². The van der Waals surface area contributed by atoms with Gasteiger partial charge in [0, 0.05) is 67.8 Å². The van der Waals surface area contributed by atoms with Crippen LogP contribution in [0, 0.1) is 28.1 Å². The predicted octanol–water partition coefficient (Wildman–Crippen LogP) is 0.643. The molecule has 7 nitrogen and oxygen atoms in total. The molecule has 0 radical (unpaired) electrons. The van der Waals surface area contributed by atoms with E-state index in [9.17, 15) is 0 Å². The number of rotatable bonds is 3. The molecule has 0 aliphatic carbocycles. The van der Waals surface area contributed by atoms with E-state index in [1.54, 1.807) is 0 Å². The molecule has 10 unspecified atom stereocenters. The number of piperidine rings is 1. The van der Waals surface area contributed by atoms with Crippen molar-refractivity contribution >= 4 is 5.78 Å². The molecule has 6 aliphatic heterocycles. The number of hydrogen-bond acceptors (Lipinski definition) is 7. The number of ether oxygens (including phenoxy) is 1. The lowest BCUT2D eigenvalue weighted by molar-refractivity contribution is -0.164. The first kappa shape index (κ1) is 22.9. The van der Waals surface area contributed by atoms with E-state index in [0.717, 1.165) is 39.0 Å². The van der Waals surface area contributed by atoms with Gasteiger partial charge in [0.25, 0.3) is 0 Å². The van der Waals surface area contributed by atoms with Crippen LogP contribution in [0.1, 0.15) is 54.4 Å². The van der Waals surface area contributed by atoms with Crippen molar-refractivity contribution < 1.29 is 9.53 Å². The number of fused-ring (bicyclic) bond motifs is 1. The number of carbonyl (C=O) groups is 1. The fraction of sp³-hybridized carbons (Fsp3) is 0.962. The normalized spacial score (nSPS) is 55.3. The second kappa shape index (κ2) is 7.23. The molecule has 0 saturated carbocycles. The Morgan fingerprint density at radius 1 is 0.970 bits per heavy atom. The van der Waals surface area contributed by atoms with E-state index in [4.69, 9.17) is 4.74 Å². The second-order valence-electron chi connectivity index (χ2n) is 13.0. The topological polar surface area (TPSA) is 86.4 Å². The lowest BCUT2D eigenvalue weighted by Crippen LogP contribution is -2.72. The lowest BCUT2D eigenvalue weighted by Gasteiger charge is -2.56. The van der Waals surface area contributed by atoms with Crippen LogP contribution >= 0.6 is 0 Å². The molecule has 11 atom stereocenters. The molecular weight excluding hydrogens is 414 g/mol. The quantitative estimate of drug-likeness (QED) is 0.424. The van der Waals surface area contributed by atoms with Crippen LogP contribution in [-0.2, 0) is 9.53 Å². The molecule has 33 heavy (non-hydrogen) atoms. The van der Waals surface area contributed by atoms with Crippen molar-refractivity contribution in [3.8, 4) is 0 Å². The summed E-state index contributed by atoms with van der Waals surface area (Å²) < 4.78 is 6.95. The standard InChI is InChI=1S/C26H45N5O2/c1-7-14(3)19-21-25-15(8-2)20(28-9-16(25)31-19)23(4,5)13-33-24(6)12-30-18-10-27-17(11-29-21)26(18,24)22(25)32/h14-21,27-31H,7-13H2,1-6H3/t14-,15?,16?,17?,18?,19?,20?,21?,24?,25?,26?/m0/s1. The lowest BCUT2D eigenvalue weighted by atomic mass is 9.49. The number of Topliss-reactive ketones (excluding diaryl/α,β-unsaturated/α-hetero) is 1. The first-order valence-electron chi connectivity index (χ1n) is 13.6. The Morgan fingerprint density at radius 3 is 2.36 bits per heavy atom. The molecule has 3 bridgehead atoms. The Bertz CT molecular complexity index is 835. The summed E-state index contributed by atoms with van der Waals surface area (Å²) in [5.41, 5.74) is -1.56. The molecule has 0 aromatic rings. The van der Waals surface area contributed by atoms with Gasteiger partial charge < -0.3 is 31.3 Å². The summed E-state index contributed by atoms with van der Waals surface area (Å²) in [5.74, 6) is 1.26. The highest BCUT2D eigenvalue weighted by Crippen LogP contribution is 2.62. The Kier molecular flexibility index (Phi) is 5.01. The molecule has 2 spiro atoms. The van der Waals surface area contributed by atoms with Crippen molar-refractivity contribution in [3.63, 3.8) is 0 Å². The van der Waals surface area contributed by atoms with Gasteiger partial charge in [-0.15, -0.1) is 0 Å². The minimum absolute atomic E-state index is 0.0642. The van der Waals surface area contributed by atoms with Crippen molar-refractivity contribution in [1.29, 1.82) is 0 Å². The van der Waals surface area contributed by atoms with Crippen LogP contribution in [0.15, 0.2) is 0 Å². The number of hydrogen-bond donors (Lipinski definition) is 5. The maximum Gasteiger partial charge on any atom is 0.154 e. The fourth-order valence-electron chi connectivity index (χ4n) is 9.52. The van der Waals surface area contributed by atoms with Gasteiger partial charge >= 0.3 is 0 Å². The van der Waals surface area contributed by atoms with E-state index < -0.39 is 16.4 Å². The molecule has 6 fully saturated rings. The average Bonchev–Trinajstić information content (AvgIpc) is 3.41. The molecule has 0 aromatic carbocycles. The predicted molar refractivity (Wildman–Crippen MR) is 129 cm³/mol. The zero-order valence-electron chi connectivity index (χ0n) is 21.4. The van der Waals surface area contributed by atoms with Crippen LogP contribution < -0.4 is 26.6 Å². The largest absolute Gasteiger partial charge is 0.372 e. The van der Waals surface area contributed by atoms with Crippen LogP contribution in [0.2, 0.25) is 0 Å². The monoisotopic (exact) mass is 459 g/mol. The molecule has 186 valence electrons. The smallest absolute Gasteiger partial charge is 0.154 e. The third-order valence-corrected chi connectivity index (χ3v) is 11.2. The summed E-state index contributed by atoms with van der Waals surface area (Å²) in [5, 5.41) is 19.6. The van der Waals surface area contributed by atoms with Crippen molar-refractivity contribution in [2.24, 2.45) is 28.1 Å². The van der Waals surface area contributed by atoms with Crippen LogP contribution in [0.5, 0.6) is 0 Å². The van der Waals surface area contributed by atoms with Gasteiger partial charge in [-0.3, -0.25) is 4.79 Å². The molecule has 6 saturated heterocycles. The van der Waals surface area contributed by atoms with Crippen LogP contribution in [0.3, 0.4) is 0 Å². The maximum absolute atomic E-state index is 15.6. The molecule has 7 heteroatoms. The van der Waals surface area contributed by atoms with Gasteiger partial charge in [0.2, 0.25) is 0 Å². The average molecular weight is 460 g/mol. The highest BCUT2D eigenvalue weighted by Gasteiger charge is 2.79. The maximum atomic E-state index is 15.6. The summed E-state index contributed by atoms with van der Waals surface area (Å²) in [6, 6.07) is 1.08. The minimum Gasteiger partial charge on any atom is -0.372 e. The van der Waals surface area contributed by atoms with Crippen LogP contribution in [0.4, 0.5) is 0 Å².